The summed E-state index contributed by atoms with van der Waals surface area (Å²) in [5.41, 5.74) is 0.856. The molecule has 13 heavy (non-hydrogen) atoms. The Kier molecular flexibility index (Phi) is 3.26. The molecule has 68 valence electrons. The zero-order valence-corrected chi connectivity index (χ0v) is 8.84. The summed E-state index contributed by atoms with van der Waals surface area (Å²) in [5.74, 6) is 0. The second kappa shape index (κ2) is 4.24. The lowest BCUT2D eigenvalue weighted by Gasteiger charge is -2.04. The summed E-state index contributed by atoms with van der Waals surface area (Å²) in [6.07, 6.45) is 2.07. The van der Waals surface area contributed by atoms with E-state index in [0.29, 0.717) is 13.0 Å². The Morgan fingerprint density at radius 3 is 3.00 bits per heavy atom. The number of rotatable bonds is 2. The average Bonchev–Trinajstić information content (AvgIpc) is 2.09. The summed E-state index contributed by atoms with van der Waals surface area (Å²) in [5, 5.41) is 8.37. The van der Waals surface area contributed by atoms with E-state index in [9.17, 15) is 4.79 Å². The SMILES string of the molecule is Cc1cc(=O)n(CCC#N)cc1Br. The van der Waals surface area contributed by atoms with Crippen LogP contribution in [0.15, 0.2) is 21.5 Å². The molecule has 0 atom stereocenters. The monoisotopic (exact) mass is 240 g/mol. The highest BCUT2D eigenvalue weighted by Gasteiger charge is 1.99. The van der Waals surface area contributed by atoms with E-state index in [2.05, 4.69) is 15.9 Å². The Morgan fingerprint density at radius 1 is 1.69 bits per heavy atom. The lowest BCUT2D eigenvalue weighted by Crippen LogP contribution is -2.19. The minimum atomic E-state index is -0.0593. The molecule has 0 N–H and O–H groups in total. The molecule has 1 rings (SSSR count). The van der Waals surface area contributed by atoms with Crippen molar-refractivity contribution in [2.75, 3.05) is 0 Å². The van der Waals surface area contributed by atoms with Gasteiger partial charge in [-0.25, -0.2) is 0 Å². The fourth-order valence-electron chi connectivity index (χ4n) is 0.985. The normalized spacial score (nSPS) is 9.62. The van der Waals surface area contributed by atoms with Crippen LogP contribution >= 0.6 is 15.9 Å². The fourth-order valence-corrected chi connectivity index (χ4v) is 1.35. The van der Waals surface area contributed by atoms with Crippen LogP contribution in [0.5, 0.6) is 0 Å². The first-order valence-corrected chi connectivity index (χ1v) is 4.68. The maximum Gasteiger partial charge on any atom is 0.250 e. The standard InChI is InChI=1S/C9H9BrN2O/c1-7-5-9(13)12(4-2-3-11)6-8(7)10/h5-6H,2,4H2,1H3. The van der Waals surface area contributed by atoms with E-state index < -0.39 is 0 Å². The van der Waals surface area contributed by atoms with Crippen LogP contribution in [0.1, 0.15) is 12.0 Å². The van der Waals surface area contributed by atoms with Gasteiger partial charge in [0.2, 0.25) is 0 Å². The minimum absolute atomic E-state index is 0.0593. The number of nitriles is 1. The van der Waals surface area contributed by atoms with Gasteiger partial charge in [-0.05, 0) is 28.4 Å². The summed E-state index contributed by atoms with van der Waals surface area (Å²) in [6.45, 7) is 2.31. The highest BCUT2D eigenvalue weighted by Crippen LogP contribution is 2.12. The van der Waals surface area contributed by atoms with Crippen LogP contribution in [0.3, 0.4) is 0 Å². The van der Waals surface area contributed by atoms with E-state index in [1.54, 1.807) is 12.3 Å². The largest absolute Gasteiger partial charge is 0.313 e. The van der Waals surface area contributed by atoms with Crippen molar-refractivity contribution in [3.8, 4) is 6.07 Å². The van der Waals surface area contributed by atoms with Gasteiger partial charge in [0, 0.05) is 23.3 Å². The molecule has 0 radical (unpaired) electrons. The number of aryl methyl sites for hydroxylation is 2. The molecule has 0 saturated carbocycles. The van der Waals surface area contributed by atoms with Crippen LogP contribution in [0.25, 0.3) is 0 Å². The molecule has 0 spiro atoms. The highest BCUT2D eigenvalue weighted by molar-refractivity contribution is 9.10. The van der Waals surface area contributed by atoms with Crippen molar-refractivity contribution in [3.05, 3.63) is 32.7 Å². The molecule has 1 aromatic heterocycles. The van der Waals surface area contributed by atoms with Gasteiger partial charge in [-0.15, -0.1) is 0 Å². The molecule has 0 bridgehead atoms. The Balaban J connectivity index is 3.03. The molecule has 0 amide bonds. The van der Waals surface area contributed by atoms with Crippen molar-refractivity contribution in [1.29, 1.82) is 5.26 Å². The molecule has 1 heterocycles. The second-order valence-electron chi connectivity index (χ2n) is 2.74. The molecule has 0 aliphatic heterocycles. The van der Waals surface area contributed by atoms with Gasteiger partial charge in [-0.3, -0.25) is 4.79 Å². The van der Waals surface area contributed by atoms with Crippen molar-refractivity contribution in [3.63, 3.8) is 0 Å². The summed E-state index contributed by atoms with van der Waals surface area (Å²) in [6, 6.07) is 3.56. The quantitative estimate of drug-likeness (QED) is 0.792. The molecule has 3 nitrogen and oxygen atoms in total. The molecule has 0 unspecified atom stereocenters. The summed E-state index contributed by atoms with van der Waals surface area (Å²) < 4.78 is 2.42. The zero-order chi connectivity index (χ0) is 9.84. The lowest BCUT2D eigenvalue weighted by atomic mass is 10.3. The van der Waals surface area contributed by atoms with Crippen LogP contribution in [-0.2, 0) is 6.54 Å². The van der Waals surface area contributed by atoms with Gasteiger partial charge in [0.25, 0.3) is 5.56 Å². The van der Waals surface area contributed by atoms with E-state index >= 15 is 0 Å². The van der Waals surface area contributed by atoms with Gasteiger partial charge >= 0.3 is 0 Å². The second-order valence-corrected chi connectivity index (χ2v) is 3.60. The fraction of sp³-hybridized carbons (Fsp3) is 0.333. The number of halogens is 1. The Morgan fingerprint density at radius 2 is 2.38 bits per heavy atom. The lowest BCUT2D eigenvalue weighted by molar-refractivity contribution is 0.682. The minimum Gasteiger partial charge on any atom is -0.313 e. The van der Waals surface area contributed by atoms with Crippen LogP contribution in [0.2, 0.25) is 0 Å². The van der Waals surface area contributed by atoms with Crippen molar-refractivity contribution in [1.82, 2.24) is 4.57 Å². The topological polar surface area (TPSA) is 45.8 Å². The maximum absolute atomic E-state index is 11.3. The van der Waals surface area contributed by atoms with Crippen LogP contribution in [0.4, 0.5) is 0 Å². The molecule has 4 heteroatoms. The molecule has 0 aliphatic rings. The number of hydrogen-bond acceptors (Lipinski definition) is 2. The highest BCUT2D eigenvalue weighted by atomic mass is 79.9. The van der Waals surface area contributed by atoms with Crippen molar-refractivity contribution in [2.45, 2.75) is 19.9 Å². The van der Waals surface area contributed by atoms with E-state index in [1.807, 2.05) is 13.0 Å². The molecule has 0 aromatic carbocycles. The molecule has 0 aliphatic carbocycles. The Hall–Kier alpha value is -1.08. The zero-order valence-electron chi connectivity index (χ0n) is 7.25. The van der Waals surface area contributed by atoms with Crippen LogP contribution < -0.4 is 5.56 Å². The summed E-state index contributed by atoms with van der Waals surface area (Å²) in [7, 11) is 0. The van der Waals surface area contributed by atoms with Crippen molar-refractivity contribution in [2.24, 2.45) is 0 Å². The van der Waals surface area contributed by atoms with E-state index in [1.165, 1.54) is 4.57 Å². The molecule has 1 aromatic rings. The van der Waals surface area contributed by atoms with Gasteiger partial charge in [0.1, 0.15) is 0 Å². The van der Waals surface area contributed by atoms with Gasteiger partial charge in [-0.2, -0.15) is 5.26 Å². The molecular formula is C9H9BrN2O. The number of aromatic nitrogens is 1. The predicted octanol–water partition coefficient (Wildman–Crippen LogP) is 1.83. The van der Waals surface area contributed by atoms with Crippen molar-refractivity contribution >= 4 is 15.9 Å². The maximum atomic E-state index is 11.3. The Labute approximate surface area is 84.7 Å². The number of hydrogen-bond donors (Lipinski definition) is 0. The summed E-state index contributed by atoms with van der Waals surface area (Å²) in [4.78, 5) is 11.3. The van der Waals surface area contributed by atoms with Gasteiger partial charge in [-0.1, -0.05) is 0 Å². The van der Waals surface area contributed by atoms with Crippen LogP contribution in [0, 0.1) is 18.3 Å². The molecule has 0 saturated heterocycles. The van der Waals surface area contributed by atoms with E-state index in [4.69, 9.17) is 5.26 Å². The predicted molar refractivity (Wildman–Crippen MR) is 53.4 cm³/mol. The first-order chi connectivity index (χ1) is 6.15. The first-order valence-electron chi connectivity index (χ1n) is 3.88. The van der Waals surface area contributed by atoms with Gasteiger partial charge < -0.3 is 4.57 Å². The molecule has 0 fully saturated rings. The van der Waals surface area contributed by atoms with E-state index in [0.717, 1.165) is 10.0 Å². The first kappa shape index (κ1) is 10.0. The third-order valence-electron chi connectivity index (χ3n) is 1.73. The third-order valence-corrected chi connectivity index (χ3v) is 2.56. The number of nitrogens with zero attached hydrogens (tertiary/aromatic N) is 2. The van der Waals surface area contributed by atoms with E-state index in [-0.39, 0.29) is 5.56 Å². The van der Waals surface area contributed by atoms with Gasteiger partial charge in [0.15, 0.2) is 0 Å². The molecular weight excluding hydrogens is 232 g/mol. The smallest absolute Gasteiger partial charge is 0.250 e. The van der Waals surface area contributed by atoms with Gasteiger partial charge in [0.05, 0.1) is 12.5 Å². The summed E-state index contributed by atoms with van der Waals surface area (Å²) >= 11 is 3.33. The van der Waals surface area contributed by atoms with Crippen LogP contribution in [-0.4, -0.2) is 4.57 Å². The van der Waals surface area contributed by atoms with Crippen molar-refractivity contribution < 1.29 is 0 Å². The third kappa shape index (κ3) is 2.43. The number of pyridine rings is 1. The Bertz CT molecular complexity index is 403. The average molecular weight is 241 g/mol.